The summed E-state index contributed by atoms with van der Waals surface area (Å²) in [5.74, 6) is 2.03. The maximum atomic E-state index is 5.47. The predicted molar refractivity (Wildman–Crippen MR) is 52.5 cm³/mol. The molecular formula is C11H17NO. The van der Waals surface area contributed by atoms with Gasteiger partial charge in [-0.2, -0.15) is 0 Å². The third kappa shape index (κ3) is 1.94. The van der Waals surface area contributed by atoms with Gasteiger partial charge in [-0.3, -0.25) is 0 Å². The molecule has 13 heavy (non-hydrogen) atoms. The zero-order valence-electron chi connectivity index (χ0n) is 8.55. The van der Waals surface area contributed by atoms with Crippen molar-refractivity contribution < 1.29 is 4.42 Å². The van der Waals surface area contributed by atoms with Crippen molar-refractivity contribution in [2.45, 2.75) is 39.8 Å². The van der Waals surface area contributed by atoms with E-state index in [2.05, 4.69) is 19.2 Å². The van der Waals surface area contributed by atoms with Crippen LogP contribution in [0.3, 0.4) is 0 Å². The number of rotatable bonds is 3. The second-order valence-electron chi connectivity index (χ2n) is 4.64. The smallest absolute Gasteiger partial charge is 0.117 e. The van der Waals surface area contributed by atoms with Crippen molar-refractivity contribution in [3.63, 3.8) is 0 Å². The molecule has 0 radical (unpaired) electrons. The number of hydrogen-bond donors (Lipinski definition) is 1. The van der Waals surface area contributed by atoms with E-state index in [4.69, 9.17) is 4.42 Å². The van der Waals surface area contributed by atoms with Gasteiger partial charge in [-0.1, -0.05) is 13.8 Å². The van der Waals surface area contributed by atoms with Crippen LogP contribution in [-0.4, -0.2) is 6.04 Å². The number of hydrogen-bond acceptors (Lipinski definition) is 2. The second-order valence-corrected chi connectivity index (χ2v) is 4.64. The van der Waals surface area contributed by atoms with Gasteiger partial charge < -0.3 is 9.73 Å². The van der Waals surface area contributed by atoms with Crippen LogP contribution in [0.1, 0.15) is 31.8 Å². The Bertz CT molecular complexity index is 301. The van der Waals surface area contributed by atoms with E-state index >= 15 is 0 Å². The molecule has 1 unspecified atom stereocenters. The van der Waals surface area contributed by atoms with Crippen LogP contribution >= 0.6 is 0 Å². The van der Waals surface area contributed by atoms with Gasteiger partial charge in [-0.15, -0.1) is 0 Å². The van der Waals surface area contributed by atoms with Gasteiger partial charge in [0.1, 0.15) is 11.5 Å². The standard InChI is InChI=1S/C11H17NO/c1-8-4-5-9(13-8)7-12-10-6-11(10,2)3/h4-5,10,12H,6-7H2,1-3H3. The SMILES string of the molecule is Cc1ccc(CNC2CC2(C)C)o1. The molecule has 2 rings (SSSR count). The van der Waals surface area contributed by atoms with Crippen LogP contribution in [0.5, 0.6) is 0 Å². The molecule has 2 nitrogen and oxygen atoms in total. The molecule has 1 fully saturated rings. The molecule has 1 aromatic rings. The molecule has 0 aromatic carbocycles. The number of nitrogens with one attached hydrogen (secondary N) is 1. The van der Waals surface area contributed by atoms with Crippen LogP contribution < -0.4 is 5.32 Å². The minimum Gasteiger partial charge on any atom is -0.465 e. The Labute approximate surface area is 79.3 Å². The van der Waals surface area contributed by atoms with Crippen LogP contribution in [0, 0.1) is 12.3 Å². The fourth-order valence-electron chi connectivity index (χ4n) is 1.62. The van der Waals surface area contributed by atoms with E-state index in [1.165, 1.54) is 6.42 Å². The van der Waals surface area contributed by atoms with Crippen LogP contribution in [-0.2, 0) is 6.54 Å². The van der Waals surface area contributed by atoms with Gasteiger partial charge in [-0.05, 0) is 30.9 Å². The van der Waals surface area contributed by atoms with Crippen LogP contribution in [0.25, 0.3) is 0 Å². The zero-order valence-corrected chi connectivity index (χ0v) is 8.55. The molecular weight excluding hydrogens is 162 g/mol. The Morgan fingerprint density at radius 3 is 2.69 bits per heavy atom. The fourth-order valence-corrected chi connectivity index (χ4v) is 1.62. The van der Waals surface area contributed by atoms with Gasteiger partial charge in [0.2, 0.25) is 0 Å². The summed E-state index contributed by atoms with van der Waals surface area (Å²) in [5, 5.41) is 3.48. The fraction of sp³-hybridized carbons (Fsp3) is 0.636. The molecule has 1 heterocycles. The predicted octanol–water partition coefficient (Wildman–Crippen LogP) is 2.48. The van der Waals surface area contributed by atoms with E-state index in [1.807, 2.05) is 19.1 Å². The largest absolute Gasteiger partial charge is 0.465 e. The summed E-state index contributed by atoms with van der Waals surface area (Å²) < 4.78 is 5.47. The number of aryl methyl sites for hydroxylation is 1. The molecule has 1 saturated carbocycles. The first-order valence-corrected chi connectivity index (χ1v) is 4.87. The third-order valence-corrected chi connectivity index (χ3v) is 2.83. The summed E-state index contributed by atoms with van der Waals surface area (Å²) in [5.41, 5.74) is 0.502. The van der Waals surface area contributed by atoms with Gasteiger partial charge in [0.15, 0.2) is 0 Å². The lowest BCUT2D eigenvalue weighted by Gasteiger charge is -2.03. The van der Waals surface area contributed by atoms with Crippen LogP contribution in [0.4, 0.5) is 0 Å². The minimum atomic E-state index is 0.502. The molecule has 0 bridgehead atoms. The van der Waals surface area contributed by atoms with Gasteiger partial charge in [-0.25, -0.2) is 0 Å². The molecule has 1 N–H and O–H groups in total. The van der Waals surface area contributed by atoms with Gasteiger partial charge in [0.25, 0.3) is 0 Å². The Morgan fingerprint density at radius 2 is 2.23 bits per heavy atom. The molecule has 0 spiro atoms. The van der Waals surface area contributed by atoms with Crippen LogP contribution in [0.2, 0.25) is 0 Å². The first kappa shape index (κ1) is 8.82. The van der Waals surface area contributed by atoms with E-state index in [0.29, 0.717) is 11.5 Å². The lowest BCUT2D eigenvalue weighted by atomic mass is 10.2. The van der Waals surface area contributed by atoms with E-state index in [1.54, 1.807) is 0 Å². The van der Waals surface area contributed by atoms with Gasteiger partial charge in [0, 0.05) is 6.04 Å². The molecule has 1 aromatic heterocycles. The van der Waals surface area contributed by atoms with E-state index in [0.717, 1.165) is 18.1 Å². The average Bonchev–Trinajstić information content (AvgIpc) is 2.45. The molecule has 0 saturated heterocycles. The second kappa shape index (κ2) is 2.88. The summed E-state index contributed by atoms with van der Waals surface area (Å²) in [6.07, 6.45) is 1.28. The molecule has 1 aliphatic rings. The molecule has 0 amide bonds. The molecule has 2 heteroatoms. The van der Waals surface area contributed by atoms with E-state index in [-0.39, 0.29) is 0 Å². The van der Waals surface area contributed by atoms with Gasteiger partial charge in [0.05, 0.1) is 6.54 Å². The highest BCUT2D eigenvalue weighted by molar-refractivity contribution is 5.07. The van der Waals surface area contributed by atoms with Crippen molar-refractivity contribution >= 4 is 0 Å². The van der Waals surface area contributed by atoms with Crippen molar-refractivity contribution in [1.29, 1.82) is 0 Å². The van der Waals surface area contributed by atoms with Gasteiger partial charge >= 0.3 is 0 Å². The highest BCUT2D eigenvalue weighted by atomic mass is 16.3. The Hall–Kier alpha value is -0.760. The quantitative estimate of drug-likeness (QED) is 0.771. The topological polar surface area (TPSA) is 25.2 Å². The van der Waals surface area contributed by atoms with E-state index in [9.17, 15) is 0 Å². The highest BCUT2D eigenvalue weighted by Crippen LogP contribution is 2.44. The summed E-state index contributed by atoms with van der Waals surface area (Å²) in [7, 11) is 0. The van der Waals surface area contributed by atoms with Crippen molar-refractivity contribution in [1.82, 2.24) is 5.32 Å². The highest BCUT2D eigenvalue weighted by Gasteiger charge is 2.45. The molecule has 1 atom stereocenters. The van der Waals surface area contributed by atoms with Crippen molar-refractivity contribution in [2.75, 3.05) is 0 Å². The third-order valence-electron chi connectivity index (χ3n) is 2.83. The first-order chi connectivity index (χ1) is 6.08. The Kier molecular flexibility index (Phi) is 1.95. The van der Waals surface area contributed by atoms with Crippen molar-refractivity contribution in [3.8, 4) is 0 Å². The molecule has 72 valence electrons. The summed E-state index contributed by atoms with van der Waals surface area (Å²) in [4.78, 5) is 0. The monoisotopic (exact) mass is 179 g/mol. The lowest BCUT2D eigenvalue weighted by molar-refractivity contribution is 0.447. The van der Waals surface area contributed by atoms with Crippen molar-refractivity contribution in [2.24, 2.45) is 5.41 Å². The summed E-state index contributed by atoms with van der Waals surface area (Å²) in [6.45, 7) is 7.42. The number of furan rings is 1. The maximum absolute atomic E-state index is 5.47. The first-order valence-electron chi connectivity index (χ1n) is 4.87. The molecule has 0 aliphatic heterocycles. The Balaban J connectivity index is 1.81. The normalized spacial score (nSPS) is 24.7. The summed E-state index contributed by atoms with van der Waals surface area (Å²) >= 11 is 0. The summed E-state index contributed by atoms with van der Waals surface area (Å²) in [6, 6.07) is 4.73. The van der Waals surface area contributed by atoms with Crippen LogP contribution in [0.15, 0.2) is 16.5 Å². The minimum absolute atomic E-state index is 0.502. The zero-order chi connectivity index (χ0) is 9.47. The molecule has 1 aliphatic carbocycles. The maximum Gasteiger partial charge on any atom is 0.117 e. The lowest BCUT2D eigenvalue weighted by Crippen LogP contribution is -2.19. The van der Waals surface area contributed by atoms with E-state index < -0.39 is 0 Å². The average molecular weight is 179 g/mol. The van der Waals surface area contributed by atoms with Crippen molar-refractivity contribution in [3.05, 3.63) is 23.7 Å². The Morgan fingerprint density at radius 1 is 1.54 bits per heavy atom.